The molecule has 0 unspecified atom stereocenters. The van der Waals surface area contributed by atoms with E-state index < -0.39 is 0 Å². The lowest BCUT2D eigenvalue weighted by Gasteiger charge is -2.17. The van der Waals surface area contributed by atoms with Crippen LogP contribution >= 0.6 is 0 Å². The number of fused-ring (bicyclic) bond motifs is 1. The second-order valence-corrected chi connectivity index (χ2v) is 4.08. The summed E-state index contributed by atoms with van der Waals surface area (Å²) in [5, 5.41) is 0. The van der Waals surface area contributed by atoms with Crippen molar-refractivity contribution in [2.24, 2.45) is 0 Å². The fourth-order valence-corrected chi connectivity index (χ4v) is 2.08. The van der Waals surface area contributed by atoms with Gasteiger partial charge in [-0.3, -0.25) is 0 Å². The molecular weight excluding hydrogens is 216 g/mol. The quantitative estimate of drug-likeness (QED) is 0.861. The molecule has 0 atom stereocenters. The molecule has 0 radical (unpaired) electrons. The summed E-state index contributed by atoms with van der Waals surface area (Å²) < 4.78 is 10.6. The van der Waals surface area contributed by atoms with Crippen molar-refractivity contribution in [3.63, 3.8) is 0 Å². The van der Waals surface area contributed by atoms with Gasteiger partial charge in [0.15, 0.2) is 0 Å². The summed E-state index contributed by atoms with van der Waals surface area (Å²) in [7, 11) is 1.60. The van der Waals surface area contributed by atoms with Gasteiger partial charge in [0.2, 0.25) is 0 Å². The molecule has 0 amide bonds. The Morgan fingerprint density at radius 2 is 2.35 bits per heavy atom. The number of aryl methyl sites for hydroxylation is 1. The zero-order chi connectivity index (χ0) is 11.7. The summed E-state index contributed by atoms with van der Waals surface area (Å²) in [6.45, 7) is 0.824. The highest BCUT2D eigenvalue weighted by Gasteiger charge is 2.12. The van der Waals surface area contributed by atoms with Gasteiger partial charge in [0.1, 0.15) is 5.75 Å². The van der Waals surface area contributed by atoms with E-state index in [0.717, 1.165) is 36.5 Å². The van der Waals surface area contributed by atoms with Crippen LogP contribution in [0.3, 0.4) is 0 Å². The lowest BCUT2D eigenvalue weighted by molar-refractivity contribution is 0.288. The SMILES string of the molecule is COc1ncc(-c2ccc3c(c2)CCCO3)[nH]1. The second kappa shape index (κ2) is 4.13. The Bertz CT molecular complexity index is 534. The topological polar surface area (TPSA) is 47.1 Å². The van der Waals surface area contributed by atoms with Crippen molar-refractivity contribution < 1.29 is 9.47 Å². The van der Waals surface area contributed by atoms with Gasteiger partial charge in [-0.2, -0.15) is 0 Å². The maximum Gasteiger partial charge on any atom is 0.293 e. The van der Waals surface area contributed by atoms with Crippen LogP contribution in [0.4, 0.5) is 0 Å². The molecule has 1 N–H and O–H groups in total. The van der Waals surface area contributed by atoms with Crippen molar-refractivity contribution in [1.29, 1.82) is 0 Å². The molecule has 0 fully saturated rings. The number of H-pyrrole nitrogens is 1. The molecule has 0 spiro atoms. The highest BCUT2D eigenvalue weighted by atomic mass is 16.5. The van der Waals surface area contributed by atoms with Crippen LogP contribution in [0, 0.1) is 0 Å². The highest BCUT2D eigenvalue weighted by molar-refractivity contribution is 5.62. The number of hydrogen-bond acceptors (Lipinski definition) is 3. The van der Waals surface area contributed by atoms with E-state index in [0.29, 0.717) is 6.01 Å². The summed E-state index contributed by atoms with van der Waals surface area (Å²) in [6.07, 6.45) is 3.95. The van der Waals surface area contributed by atoms with Gasteiger partial charge < -0.3 is 14.5 Å². The molecule has 0 saturated carbocycles. The molecule has 88 valence electrons. The second-order valence-electron chi connectivity index (χ2n) is 4.08. The van der Waals surface area contributed by atoms with Crippen molar-refractivity contribution in [2.75, 3.05) is 13.7 Å². The minimum absolute atomic E-state index is 0.536. The van der Waals surface area contributed by atoms with Crippen LogP contribution in [0.1, 0.15) is 12.0 Å². The van der Waals surface area contributed by atoms with E-state index >= 15 is 0 Å². The summed E-state index contributed by atoms with van der Waals surface area (Å²) in [6, 6.07) is 6.75. The highest BCUT2D eigenvalue weighted by Crippen LogP contribution is 2.29. The minimum atomic E-state index is 0.536. The number of rotatable bonds is 2. The van der Waals surface area contributed by atoms with E-state index in [4.69, 9.17) is 9.47 Å². The molecule has 0 saturated heterocycles. The van der Waals surface area contributed by atoms with Gasteiger partial charge in [-0.05, 0) is 36.6 Å². The van der Waals surface area contributed by atoms with E-state index in [1.165, 1.54) is 5.56 Å². The van der Waals surface area contributed by atoms with Crippen molar-refractivity contribution in [3.05, 3.63) is 30.0 Å². The third kappa shape index (κ3) is 1.86. The zero-order valence-corrected chi connectivity index (χ0v) is 9.69. The number of benzene rings is 1. The van der Waals surface area contributed by atoms with Gasteiger partial charge in [-0.25, -0.2) is 4.98 Å². The van der Waals surface area contributed by atoms with Crippen molar-refractivity contribution in [2.45, 2.75) is 12.8 Å². The van der Waals surface area contributed by atoms with Crippen LogP contribution in [0.15, 0.2) is 24.4 Å². The number of aromatic amines is 1. The zero-order valence-electron chi connectivity index (χ0n) is 9.69. The molecule has 17 heavy (non-hydrogen) atoms. The molecule has 3 rings (SSSR count). The molecule has 1 aliphatic rings. The average molecular weight is 230 g/mol. The molecule has 4 nitrogen and oxygen atoms in total. The number of nitrogens with one attached hydrogen (secondary N) is 1. The maximum absolute atomic E-state index is 5.59. The van der Waals surface area contributed by atoms with Crippen molar-refractivity contribution in [1.82, 2.24) is 9.97 Å². The number of aromatic nitrogens is 2. The van der Waals surface area contributed by atoms with Gasteiger partial charge in [0, 0.05) is 5.56 Å². The number of ether oxygens (including phenoxy) is 2. The minimum Gasteiger partial charge on any atom is -0.493 e. The normalized spacial score (nSPS) is 13.9. The van der Waals surface area contributed by atoms with Crippen LogP contribution in [-0.4, -0.2) is 23.7 Å². The Morgan fingerprint density at radius 3 is 3.18 bits per heavy atom. The van der Waals surface area contributed by atoms with Crippen LogP contribution < -0.4 is 9.47 Å². The molecule has 1 aromatic carbocycles. The molecule has 2 heterocycles. The third-order valence-electron chi connectivity index (χ3n) is 2.97. The molecule has 0 aliphatic carbocycles. The van der Waals surface area contributed by atoms with Crippen LogP contribution in [0.2, 0.25) is 0 Å². The average Bonchev–Trinajstić information content (AvgIpc) is 2.87. The van der Waals surface area contributed by atoms with Gasteiger partial charge >= 0.3 is 0 Å². The first-order valence-electron chi connectivity index (χ1n) is 5.72. The number of hydrogen-bond donors (Lipinski definition) is 1. The first-order valence-corrected chi connectivity index (χ1v) is 5.72. The summed E-state index contributed by atoms with van der Waals surface area (Å²) in [5.74, 6) is 1.01. The van der Waals surface area contributed by atoms with E-state index in [9.17, 15) is 0 Å². The number of nitrogens with zero attached hydrogens (tertiary/aromatic N) is 1. The molecule has 4 heteroatoms. The van der Waals surface area contributed by atoms with Gasteiger partial charge in [-0.1, -0.05) is 0 Å². The lowest BCUT2D eigenvalue weighted by Crippen LogP contribution is -2.08. The number of imidazole rings is 1. The van der Waals surface area contributed by atoms with Crippen molar-refractivity contribution in [3.8, 4) is 23.0 Å². The van der Waals surface area contributed by atoms with E-state index in [1.54, 1.807) is 13.3 Å². The standard InChI is InChI=1S/C13H14N2O2/c1-16-13-14-8-11(15-13)9-4-5-12-10(7-9)3-2-6-17-12/h4-5,7-8H,2-3,6H2,1H3,(H,14,15). The molecular formula is C13H14N2O2. The molecule has 2 aromatic rings. The molecule has 0 bridgehead atoms. The van der Waals surface area contributed by atoms with Crippen LogP contribution in [0.5, 0.6) is 11.8 Å². The lowest BCUT2D eigenvalue weighted by atomic mass is 10.0. The van der Waals surface area contributed by atoms with Gasteiger partial charge in [0.25, 0.3) is 6.01 Å². The Morgan fingerprint density at radius 1 is 1.41 bits per heavy atom. The Balaban J connectivity index is 1.97. The number of methoxy groups -OCH3 is 1. The Kier molecular flexibility index (Phi) is 2.48. The van der Waals surface area contributed by atoms with Crippen LogP contribution in [0.25, 0.3) is 11.3 Å². The first-order chi connectivity index (χ1) is 8.36. The maximum atomic E-state index is 5.59. The van der Waals surface area contributed by atoms with Crippen LogP contribution in [-0.2, 0) is 6.42 Å². The summed E-state index contributed by atoms with van der Waals surface area (Å²) >= 11 is 0. The first kappa shape index (κ1) is 10.2. The largest absolute Gasteiger partial charge is 0.493 e. The van der Waals surface area contributed by atoms with E-state index in [2.05, 4.69) is 16.0 Å². The fourth-order valence-electron chi connectivity index (χ4n) is 2.08. The predicted molar refractivity (Wildman–Crippen MR) is 64.4 cm³/mol. The van der Waals surface area contributed by atoms with E-state index in [-0.39, 0.29) is 0 Å². The van der Waals surface area contributed by atoms with Gasteiger partial charge in [0.05, 0.1) is 25.6 Å². The van der Waals surface area contributed by atoms with E-state index in [1.807, 2.05) is 12.1 Å². The monoisotopic (exact) mass is 230 g/mol. The molecule has 1 aliphatic heterocycles. The summed E-state index contributed by atoms with van der Waals surface area (Å²) in [4.78, 5) is 7.23. The third-order valence-corrected chi connectivity index (χ3v) is 2.97. The predicted octanol–water partition coefficient (Wildman–Crippen LogP) is 2.41. The Hall–Kier alpha value is -1.97. The fraction of sp³-hybridized carbons (Fsp3) is 0.308. The van der Waals surface area contributed by atoms with Gasteiger partial charge in [-0.15, -0.1) is 0 Å². The van der Waals surface area contributed by atoms with Crippen molar-refractivity contribution >= 4 is 0 Å². The molecule has 1 aromatic heterocycles. The Labute approximate surface area is 99.6 Å². The smallest absolute Gasteiger partial charge is 0.293 e. The summed E-state index contributed by atoms with van der Waals surface area (Å²) in [5.41, 5.74) is 3.35.